The number of rotatable bonds is 7. The lowest BCUT2D eigenvalue weighted by Gasteiger charge is -2.28. The zero-order valence-corrected chi connectivity index (χ0v) is 14.7. The van der Waals surface area contributed by atoms with E-state index in [1.807, 2.05) is 0 Å². The molecule has 0 aliphatic carbocycles. The summed E-state index contributed by atoms with van der Waals surface area (Å²) in [5.41, 5.74) is 0.0260. The third-order valence-electron chi connectivity index (χ3n) is 4.40. The molecule has 2 amide bonds. The fraction of sp³-hybridized carbons (Fsp3) is 0.611. The lowest BCUT2D eigenvalue weighted by molar-refractivity contribution is -0.137. The van der Waals surface area contributed by atoms with E-state index in [0.29, 0.717) is 25.1 Å². The van der Waals surface area contributed by atoms with E-state index >= 15 is 0 Å². The first-order chi connectivity index (χ1) is 12.3. The number of benzene rings is 1. The minimum absolute atomic E-state index is 0.169. The van der Waals surface area contributed by atoms with Crippen LogP contribution in [0.25, 0.3) is 0 Å². The number of hydrogen-bond donors (Lipinski definition) is 3. The van der Waals surface area contributed by atoms with Gasteiger partial charge < -0.3 is 20.6 Å². The molecule has 1 heterocycles. The zero-order chi connectivity index (χ0) is 19.0. The molecule has 1 atom stereocenters. The Morgan fingerprint density at radius 3 is 2.38 bits per heavy atom. The molecular weight excluding hydrogens is 347 g/mol. The fourth-order valence-electron chi connectivity index (χ4n) is 2.96. The summed E-state index contributed by atoms with van der Waals surface area (Å²) < 4.78 is 37.5. The maximum absolute atomic E-state index is 12.5. The quantitative estimate of drug-likeness (QED) is 0.688. The van der Waals surface area contributed by atoms with Gasteiger partial charge in [-0.1, -0.05) is 18.6 Å². The van der Waals surface area contributed by atoms with Crippen LogP contribution < -0.4 is 10.6 Å². The number of carbonyl (C=O) groups excluding carboxylic acids is 1. The number of likely N-dealkylation sites (tertiary alicyclic amines) is 1. The van der Waals surface area contributed by atoms with Gasteiger partial charge in [-0.2, -0.15) is 13.2 Å². The van der Waals surface area contributed by atoms with E-state index in [4.69, 9.17) is 0 Å². The molecule has 1 unspecified atom stereocenters. The molecule has 26 heavy (non-hydrogen) atoms. The topological polar surface area (TPSA) is 64.6 Å². The number of hydrogen-bond acceptors (Lipinski definition) is 3. The van der Waals surface area contributed by atoms with Gasteiger partial charge in [0.05, 0.1) is 11.7 Å². The molecule has 0 radical (unpaired) electrons. The summed E-state index contributed by atoms with van der Waals surface area (Å²) in [5.74, 6) is 0. The maximum atomic E-state index is 12.5. The first-order valence-electron chi connectivity index (χ1n) is 8.93. The molecule has 1 fully saturated rings. The molecule has 0 spiro atoms. The Morgan fingerprint density at radius 1 is 1.12 bits per heavy atom. The summed E-state index contributed by atoms with van der Waals surface area (Å²) in [6.45, 7) is 2.99. The van der Waals surface area contributed by atoms with Crippen molar-refractivity contribution in [3.63, 3.8) is 0 Å². The molecule has 3 N–H and O–H groups in total. The molecule has 1 aromatic rings. The highest BCUT2D eigenvalue weighted by molar-refractivity contribution is 5.73. The third kappa shape index (κ3) is 7.21. The van der Waals surface area contributed by atoms with Gasteiger partial charge in [0.25, 0.3) is 0 Å². The van der Waals surface area contributed by atoms with E-state index in [9.17, 15) is 23.1 Å². The van der Waals surface area contributed by atoms with Crippen molar-refractivity contribution in [3.05, 3.63) is 35.4 Å². The lowest BCUT2D eigenvalue weighted by Crippen LogP contribution is -2.45. The van der Waals surface area contributed by atoms with Gasteiger partial charge >= 0.3 is 12.2 Å². The second-order valence-electron chi connectivity index (χ2n) is 6.60. The van der Waals surface area contributed by atoms with Gasteiger partial charge in [-0.05, 0) is 50.0 Å². The van der Waals surface area contributed by atoms with E-state index in [1.54, 1.807) is 0 Å². The monoisotopic (exact) mass is 373 g/mol. The molecule has 1 aliphatic rings. The molecule has 146 valence electrons. The molecule has 0 bridgehead atoms. The number of nitrogens with one attached hydrogen (secondary N) is 2. The van der Waals surface area contributed by atoms with Crippen molar-refractivity contribution in [2.75, 3.05) is 32.7 Å². The van der Waals surface area contributed by atoms with Crippen LogP contribution in [0.2, 0.25) is 0 Å². The third-order valence-corrected chi connectivity index (χ3v) is 4.40. The minimum Gasteiger partial charge on any atom is -0.390 e. The SMILES string of the molecule is O=C(NCCc1ccc(C(F)(F)F)cc1)NCC(O)CN1CCCCC1. The van der Waals surface area contributed by atoms with Crippen LogP contribution in [0.1, 0.15) is 30.4 Å². The van der Waals surface area contributed by atoms with Crippen molar-refractivity contribution in [1.82, 2.24) is 15.5 Å². The van der Waals surface area contributed by atoms with Crippen LogP contribution in [0.5, 0.6) is 0 Å². The van der Waals surface area contributed by atoms with Crippen LogP contribution in [0.15, 0.2) is 24.3 Å². The summed E-state index contributed by atoms with van der Waals surface area (Å²) in [5, 5.41) is 15.2. The van der Waals surface area contributed by atoms with Crippen molar-refractivity contribution in [2.24, 2.45) is 0 Å². The average Bonchev–Trinajstić information content (AvgIpc) is 2.60. The number of nitrogens with zero attached hydrogens (tertiary/aromatic N) is 1. The molecule has 1 aromatic carbocycles. The minimum atomic E-state index is -4.34. The van der Waals surface area contributed by atoms with Crippen LogP contribution in [0, 0.1) is 0 Å². The van der Waals surface area contributed by atoms with Gasteiger partial charge in [-0.15, -0.1) is 0 Å². The molecule has 0 saturated carbocycles. The molecule has 8 heteroatoms. The number of urea groups is 1. The number of β-amino-alcohol motifs (C(OH)–C–C–N with tert-alkyl or cyclic N) is 1. The molecule has 5 nitrogen and oxygen atoms in total. The number of aliphatic hydroxyl groups excluding tert-OH is 1. The number of halogens is 3. The van der Waals surface area contributed by atoms with Gasteiger partial charge in [-0.25, -0.2) is 4.79 Å². The Hall–Kier alpha value is -1.80. The van der Waals surface area contributed by atoms with E-state index in [-0.39, 0.29) is 6.54 Å². The Labute approximate surface area is 151 Å². The first-order valence-corrected chi connectivity index (χ1v) is 8.93. The highest BCUT2D eigenvalue weighted by atomic mass is 19.4. The van der Waals surface area contributed by atoms with Crippen LogP contribution in [0.4, 0.5) is 18.0 Å². The van der Waals surface area contributed by atoms with Crippen molar-refractivity contribution in [1.29, 1.82) is 0 Å². The Morgan fingerprint density at radius 2 is 1.77 bits per heavy atom. The Kier molecular flexibility index (Phi) is 7.71. The van der Waals surface area contributed by atoms with Gasteiger partial charge in [-0.3, -0.25) is 0 Å². The molecule has 2 rings (SSSR count). The van der Waals surface area contributed by atoms with Crippen LogP contribution in [-0.4, -0.2) is 54.9 Å². The fourth-order valence-corrected chi connectivity index (χ4v) is 2.96. The highest BCUT2D eigenvalue weighted by Crippen LogP contribution is 2.29. The summed E-state index contributed by atoms with van der Waals surface area (Å²) in [7, 11) is 0. The summed E-state index contributed by atoms with van der Waals surface area (Å²) in [4.78, 5) is 13.9. The highest BCUT2D eigenvalue weighted by Gasteiger charge is 2.29. The predicted octanol–water partition coefficient (Wildman–Crippen LogP) is 2.39. The Bertz CT molecular complexity index is 558. The largest absolute Gasteiger partial charge is 0.416 e. The van der Waals surface area contributed by atoms with Gasteiger partial charge in [0.1, 0.15) is 0 Å². The van der Waals surface area contributed by atoms with Gasteiger partial charge in [0.2, 0.25) is 0 Å². The van der Waals surface area contributed by atoms with E-state index in [1.165, 1.54) is 18.6 Å². The summed E-state index contributed by atoms with van der Waals surface area (Å²) in [6.07, 6.45) is -1.01. The second-order valence-corrected chi connectivity index (χ2v) is 6.60. The van der Waals surface area contributed by atoms with Crippen molar-refractivity contribution >= 4 is 6.03 Å². The van der Waals surface area contributed by atoms with E-state index in [2.05, 4.69) is 15.5 Å². The number of alkyl halides is 3. The van der Waals surface area contributed by atoms with Crippen molar-refractivity contribution < 1.29 is 23.1 Å². The first kappa shape index (κ1) is 20.5. The smallest absolute Gasteiger partial charge is 0.390 e. The zero-order valence-electron chi connectivity index (χ0n) is 14.7. The second kappa shape index (κ2) is 9.78. The summed E-state index contributed by atoms with van der Waals surface area (Å²) >= 11 is 0. The van der Waals surface area contributed by atoms with Crippen LogP contribution in [-0.2, 0) is 12.6 Å². The molecule has 0 aromatic heterocycles. The average molecular weight is 373 g/mol. The van der Waals surface area contributed by atoms with Gasteiger partial charge in [0, 0.05) is 19.6 Å². The molecular formula is C18H26F3N3O2. The Balaban J connectivity index is 1.61. The van der Waals surface area contributed by atoms with E-state index in [0.717, 1.165) is 38.1 Å². The number of amides is 2. The standard InChI is InChI=1S/C18H26F3N3O2/c19-18(20,21)15-6-4-14(5-7-15)8-9-22-17(26)23-12-16(25)13-24-10-2-1-3-11-24/h4-7,16,25H,1-3,8-13H2,(H2,22,23,26). The van der Waals surface area contributed by atoms with Gasteiger partial charge in [0.15, 0.2) is 0 Å². The lowest BCUT2D eigenvalue weighted by atomic mass is 10.1. The summed E-state index contributed by atoms with van der Waals surface area (Å²) in [6, 6.07) is 4.49. The van der Waals surface area contributed by atoms with Crippen molar-refractivity contribution in [3.8, 4) is 0 Å². The molecule has 1 aliphatic heterocycles. The number of aliphatic hydroxyl groups is 1. The maximum Gasteiger partial charge on any atom is 0.416 e. The normalized spacial score (nSPS) is 16.9. The van der Waals surface area contributed by atoms with Crippen LogP contribution >= 0.6 is 0 Å². The van der Waals surface area contributed by atoms with E-state index < -0.39 is 23.9 Å². The number of carbonyl (C=O) groups is 1. The predicted molar refractivity (Wildman–Crippen MR) is 92.8 cm³/mol. The van der Waals surface area contributed by atoms with Crippen molar-refractivity contribution in [2.45, 2.75) is 38.0 Å². The molecule has 1 saturated heterocycles. The number of piperidine rings is 1. The van der Waals surface area contributed by atoms with Crippen LogP contribution in [0.3, 0.4) is 0 Å².